The first-order valence-corrected chi connectivity index (χ1v) is 5.83. The highest BCUT2D eigenvalue weighted by Crippen LogP contribution is 2.44. The maximum atomic E-state index is 8.55. The first-order valence-electron chi connectivity index (χ1n) is 5.83. The van der Waals surface area contributed by atoms with Crippen LogP contribution in [0.1, 0.15) is 31.4 Å². The molecule has 1 aliphatic carbocycles. The van der Waals surface area contributed by atoms with Crippen LogP contribution in [-0.4, -0.2) is 17.1 Å². The summed E-state index contributed by atoms with van der Waals surface area (Å²) in [5.74, 6) is 0.146. The fourth-order valence-corrected chi connectivity index (χ4v) is 1.91. The molecule has 1 aromatic carbocycles. The lowest BCUT2D eigenvalue weighted by atomic mass is 10.1. The van der Waals surface area contributed by atoms with Gasteiger partial charge in [0.15, 0.2) is 5.84 Å². The molecule has 1 aliphatic rings. The van der Waals surface area contributed by atoms with Crippen molar-refractivity contribution in [1.29, 1.82) is 0 Å². The van der Waals surface area contributed by atoms with Crippen LogP contribution in [-0.2, 0) is 6.54 Å². The summed E-state index contributed by atoms with van der Waals surface area (Å²) in [4.78, 5) is 0. The molecule has 17 heavy (non-hydrogen) atoms. The topological polar surface area (TPSA) is 70.6 Å². The highest BCUT2D eigenvalue weighted by molar-refractivity contribution is 5.96. The van der Waals surface area contributed by atoms with Gasteiger partial charge >= 0.3 is 0 Å². The molecule has 4 heteroatoms. The monoisotopic (exact) mass is 233 g/mol. The number of oxime groups is 1. The van der Waals surface area contributed by atoms with Gasteiger partial charge in [0.05, 0.1) is 0 Å². The normalized spacial score (nSPS) is 22.5. The van der Waals surface area contributed by atoms with Crippen molar-refractivity contribution in [3.05, 3.63) is 35.4 Å². The summed E-state index contributed by atoms with van der Waals surface area (Å²) < 4.78 is 0. The van der Waals surface area contributed by atoms with Gasteiger partial charge in [0.1, 0.15) is 0 Å². The lowest BCUT2D eigenvalue weighted by Gasteiger charge is -2.07. The van der Waals surface area contributed by atoms with Gasteiger partial charge in [-0.25, -0.2) is 0 Å². The van der Waals surface area contributed by atoms with Gasteiger partial charge in [-0.3, -0.25) is 0 Å². The van der Waals surface area contributed by atoms with Crippen molar-refractivity contribution in [2.24, 2.45) is 16.3 Å². The van der Waals surface area contributed by atoms with Crippen LogP contribution in [0.3, 0.4) is 0 Å². The fourth-order valence-electron chi connectivity index (χ4n) is 1.91. The maximum absolute atomic E-state index is 8.55. The Kier molecular flexibility index (Phi) is 3.07. The smallest absolute Gasteiger partial charge is 0.170 e. The molecule has 2 rings (SSSR count). The number of rotatable bonds is 4. The zero-order chi connectivity index (χ0) is 12.5. The zero-order valence-corrected chi connectivity index (χ0v) is 10.3. The molecule has 92 valence electrons. The molecular weight excluding hydrogens is 214 g/mol. The number of benzene rings is 1. The predicted octanol–water partition coefficient (Wildman–Crippen LogP) is 1.67. The van der Waals surface area contributed by atoms with Crippen LogP contribution in [0.25, 0.3) is 0 Å². The van der Waals surface area contributed by atoms with E-state index in [1.54, 1.807) is 0 Å². The minimum absolute atomic E-state index is 0.146. The van der Waals surface area contributed by atoms with E-state index in [0.29, 0.717) is 11.5 Å². The highest BCUT2D eigenvalue weighted by Gasteiger charge is 2.44. The van der Waals surface area contributed by atoms with Gasteiger partial charge in [0, 0.05) is 18.2 Å². The summed E-state index contributed by atoms with van der Waals surface area (Å²) >= 11 is 0. The summed E-state index contributed by atoms with van der Waals surface area (Å²) in [6.07, 6.45) is 1.25. The molecule has 1 atom stereocenters. The van der Waals surface area contributed by atoms with E-state index in [2.05, 4.69) is 24.3 Å². The summed E-state index contributed by atoms with van der Waals surface area (Å²) in [7, 11) is 0. The average molecular weight is 233 g/mol. The molecule has 0 amide bonds. The van der Waals surface area contributed by atoms with Crippen molar-refractivity contribution < 1.29 is 5.21 Å². The Bertz CT molecular complexity index is 423. The molecule has 0 aliphatic heterocycles. The molecule has 1 fully saturated rings. The Balaban J connectivity index is 1.90. The van der Waals surface area contributed by atoms with Crippen molar-refractivity contribution in [2.45, 2.75) is 32.9 Å². The third kappa shape index (κ3) is 2.77. The standard InChI is InChI=1S/C13H19N3O/c1-13(2)7-11(13)15-8-9-3-5-10(6-4-9)12(14)16-17/h3-6,11,15,17H,7-8H2,1-2H3,(H2,14,16). The van der Waals surface area contributed by atoms with Crippen LogP contribution in [0.5, 0.6) is 0 Å². The summed E-state index contributed by atoms with van der Waals surface area (Å²) in [5.41, 5.74) is 7.90. The van der Waals surface area contributed by atoms with Crippen molar-refractivity contribution in [3.8, 4) is 0 Å². The van der Waals surface area contributed by atoms with Crippen molar-refractivity contribution in [1.82, 2.24) is 5.32 Å². The average Bonchev–Trinajstić information content (AvgIpc) is 2.94. The van der Waals surface area contributed by atoms with Crippen LogP contribution < -0.4 is 11.1 Å². The number of nitrogens with zero attached hydrogens (tertiary/aromatic N) is 1. The number of hydrogen-bond donors (Lipinski definition) is 3. The Labute approximate surface area is 102 Å². The van der Waals surface area contributed by atoms with E-state index in [-0.39, 0.29) is 5.84 Å². The molecule has 0 spiro atoms. The van der Waals surface area contributed by atoms with Crippen molar-refractivity contribution >= 4 is 5.84 Å². The zero-order valence-electron chi connectivity index (χ0n) is 10.3. The van der Waals surface area contributed by atoms with Gasteiger partial charge in [-0.2, -0.15) is 0 Å². The van der Waals surface area contributed by atoms with Crippen LogP contribution in [0.4, 0.5) is 0 Å². The molecule has 0 heterocycles. The Hall–Kier alpha value is -1.55. The first-order chi connectivity index (χ1) is 8.03. The van der Waals surface area contributed by atoms with Crippen molar-refractivity contribution in [2.75, 3.05) is 0 Å². The van der Waals surface area contributed by atoms with Gasteiger partial charge < -0.3 is 16.3 Å². The second kappa shape index (κ2) is 4.37. The highest BCUT2D eigenvalue weighted by atomic mass is 16.4. The van der Waals surface area contributed by atoms with E-state index in [1.165, 1.54) is 12.0 Å². The van der Waals surface area contributed by atoms with Crippen LogP contribution >= 0.6 is 0 Å². The lowest BCUT2D eigenvalue weighted by Crippen LogP contribution is -2.20. The van der Waals surface area contributed by atoms with Crippen LogP contribution in [0, 0.1) is 5.41 Å². The maximum Gasteiger partial charge on any atom is 0.170 e. The largest absolute Gasteiger partial charge is 0.409 e. The molecule has 0 radical (unpaired) electrons. The summed E-state index contributed by atoms with van der Waals surface area (Å²) in [5, 5.41) is 15.0. The summed E-state index contributed by atoms with van der Waals surface area (Å²) in [6.45, 7) is 5.41. The molecule has 1 aromatic rings. The van der Waals surface area contributed by atoms with Crippen LogP contribution in [0.2, 0.25) is 0 Å². The van der Waals surface area contributed by atoms with Crippen LogP contribution in [0.15, 0.2) is 29.4 Å². The molecular formula is C13H19N3O. The van der Waals surface area contributed by atoms with Gasteiger partial charge in [0.25, 0.3) is 0 Å². The van der Waals surface area contributed by atoms with E-state index in [9.17, 15) is 0 Å². The second-order valence-electron chi connectivity index (χ2n) is 5.31. The number of amidine groups is 1. The van der Waals surface area contributed by atoms with Gasteiger partial charge in [-0.1, -0.05) is 43.3 Å². The SMILES string of the molecule is CC1(C)CC1NCc1ccc(/C(N)=N/O)cc1. The molecule has 0 aromatic heterocycles. The molecule has 0 bridgehead atoms. The minimum Gasteiger partial charge on any atom is -0.409 e. The Morgan fingerprint density at radius 3 is 2.53 bits per heavy atom. The number of nitrogens with two attached hydrogens (primary N) is 1. The number of nitrogens with one attached hydrogen (secondary N) is 1. The quantitative estimate of drug-likeness (QED) is 0.320. The molecule has 4 N–H and O–H groups in total. The molecule has 1 saturated carbocycles. The van der Waals surface area contributed by atoms with Gasteiger partial charge in [-0.15, -0.1) is 0 Å². The van der Waals surface area contributed by atoms with E-state index >= 15 is 0 Å². The minimum atomic E-state index is 0.146. The molecule has 4 nitrogen and oxygen atoms in total. The summed E-state index contributed by atoms with van der Waals surface area (Å²) in [6, 6.07) is 8.35. The van der Waals surface area contributed by atoms with E-state index in [0.717, 1.165) is 12.1 Å². The Morgan fingerprint density at radius 2 is 2.06 bits per heavy atom. The van der Waals surface area contributed by atoms with E-state index < -0.39 is 0 Å². The van der Waals surface area contributed by atoms with E-state index in [4.69, 9.17) is 10.9 Å². The van der Waals surface area contributed by atoms with Gasteiger partial charge in [0.2, 0.25) is 0 Å². The second-order valence-corrected chi connectivity index (χ2v) is 5.31. The third-order valence-corrected chi connectivity index (χ3v) is 3.42. The molecule has 1 unspecified atom stereocenters. The fraction of sp³-hybridized carbons (Fsp3) is 0.462. The third-order valence-electron chi connectivity index (χ3n) is 3.42. The van der Waals surface area contributed by atoms with E-state index in [1.807, 2.05) is 24.3 Å². The number of hydrogen-bond acceptors (Lipinski definition) is 3. The molecule has 0 saturated heterocycles. The predicted molar refractivity (Wildman–Crippen MR) is 68.0 cm³/mol. The Morgan fingerprint density at radius 1 is 1.47 bits per heavy atom. The lowest BCUT2D eigenvalue weighted by molar-refractivity contribution is 0.318. The first kappa shape index (κ1) is 11.9. The van der Waals surface area contributed by atoms with Crippen molar-refractivity contribution in [3.63, 3.8) is 0 Å². The van der Waals surface area contributed by atoms with Gasteiger partial charge in [-0.05, 0) is 17.4 Å².